The molecule has 23 heavy (non-hydrogen) atoms. The SMILES string of the molecule is CC(C)(C(=O)NC1COc2cccc(Cl)c21)C1CCC(O)CC1. The van der Waals surface area contributed by atoms with Crippen molar-refractivity contribution in [2.45, 2.75) is 51.7 Å². The van der Waals surface area contributed by atoms with Crippen LogP contribution in [0.25, 0.3) is 0 Å². The summed E-state index contributed by atoms with van der Waals surface area (Å²) in [6.07, 6.45) is 3.13. The second-order valence-corrected chi connectivity index (χ2v) is 7.62. The summed E-state index contributed by atoms with van der Waals surface area (Å²) in [5.74, 6) is 1.07. The first kappa shape index (κ1) is 16.6. The molecule has 1 heterocycles. The smallest absolute Gasteiger partial charge is 0.226 e. The predicted molar refractivity (Wildman–Crippen MR) is 89.6 cm³/mol. The first-order chi connectivity index (χ1) is 10.9. The Hall–Kier alpha value is -1.26. The monoisotopic (exact) mass is 337 g/mol. The minimum Gasteiger partial charge on any atom is -0.491 e. The second-order valence-electron chi connectivity index (χ2n) is 7.22. The molecule has 1 saturated carbocycles. The van der Waals surface area contributed by atoms with Crippen LogP contribution in [-0.2, 0) is 4.79 Å². The van der Waals surface area contributed by atoms with Crippen LogP contribution in [0.1, 0.15) is 51.1 Å². The molecular weight excluding hydrogens is 314 g/mol. The molecule has 0 saturated heterocycles. The maximum Gasteiger partial charge on any atom is 0.226 e. The normalized spacial score (nSPS) is 27.2. The van der Waals surface area contributed by atoms with Gasteiger partial charge in [0.05, 0.1) is 12.1 Å². The Morgan fingerprint density at radius 3 is 2.70 bits per heavy atom. The molecule has 1 aliphatic heterocycles. The van der Waals surface area contributed by atoms with Crippen LogP contribution in [0.5, 0.6) is 5.75 Å². The highest BCUT2D eigenvalue weighted by Gasteiger charge is 2.40. The van der Waals surface area contributed by atoms with Crippen molar-refractivity contribution in [2.24, 2.45) is 11.3 Å². The molecule has 2 aliphatic rings. The predicted octanol–water partition coefficient (Wildman–Crippen LogP) is 3.47. The summed E-state index contributed by atoms with van der Waals surface area (Å²) in [5, 5.41) is 13.4. The zero-order valence-corrected chi connectivity index (χ0v) is 14.4. The Balaban J connectivity index is 1.70. The van der Waals surface area contributed by atoms with Crippen LogP contribution in [0.2, 0.25) is 5.02 Å². The van der Waals surface area contributed by atoms with E-state index in [9.17, 15) is 9.90 Å². The van der Waals surface area contributed by atoms with Gasteiger partial charge in [0.25, 0.3) is 0 Å². The number of hydrogen-bond acceptors (Lipinski definition) is 3. The minimum atomic E-state index is -0.468. The van der Waals surface area contributed by atoms with Crippen molar-refractivity contribution in [1.82, 2.24) is 5.32 Å². The average molecular weight is 338 g/mol. The summed E-state index contributed by atoms with van der Waals surface area (Å²) in [6, 6.07) is 5.35. The summed E-state index contributed by atoms with van der Waals surface area (Å²) in [6.45, 7) is 4.41. The molecule has 1 unspecified atom stereocenters. The number of rotatable bonds is 3. The Labute approximate surface area is 142 Å². The van der Waals surface area contributed by atoms with Crippen molar-refractivity contribution in [3.63, 3.8) is 0 Å². The van der Waals surface area contributed by atoms with E-state index in [1.807, 2.05) is 32.0 Å². The lowest BCUT2D eigenvalue weighted by Gasteiger charge is -2.37. The van der Waals surface area contributed by atoms with Crippen molar-refractivity contribution in [2.75, 3.05) is 6.61 Å². The molecule has 1 amide bonds. The van der Waals surface area contributed by atoms with E-state index < -0.39 is 5.41 Å². The number of halogens is 1. The van der Waals surface area contributed by atoms with Gasteiger partial charge in [-0.05, 0) is 43.7 Å². The van der Waals surface area contributed by atoms with Gasteiger partial charge in [0.15, 0.2) is 0 Å². The highest BCUT2D eigenvalue weighted by molar-refractivity contribution is 6.31. The van der Waals surface area contributed by atoms with Crippen molar-refractivity contribution < 1.29 is 14.6 Å². The zero-order valence-electron chi connectivity index (χ0n) is 13.6. The average Bonchev–Trinajstić information content (AvgIpc) is 2.92. The van der Waals surface area contributed by atoms with Crippen LogP contribution in [0, 0.1) is 11.3 Å². The van der Waals surface area contributed by atoms with E-state index in [1.54, 1.807) is 0 Å². The van der Waals surface area contributed by atoms with Gasteiger partial charge in [0, 0.05) is 16.0 Å². The summed E-state index contributed by atoms with van der Waals surface area (Å²) >= 11 is 6.27. The van der Waals surface area contributed by atoms with Gasteiger partial charge in [-0.15, -0.1) is 0 Å². The van der Waals surface area contributed by atoms with E-state index in [1.165, 1.54) is 0 Å². The number of aliphatic hydroxyl groups is 1. The van der Waals surface area contributed by atoms with Gasteiger partial charge >= 0.3 is 0 Å². The molecule has 0 bridgehead atoms. The number of nitrogens with one attached hydrogen (secondary N) is 1. The number of amides is 1. The maximum absolute atomic E-state index is 12.9. The third kappa shape index (κ3) is 3.20. The van der Waals surface area contributed by atoms with Gasteiger partial charge in [-0.25, -0.2) is 0 Å². The van der Waals surface area contributed by atoms with Gasteiger partial charge in [0.1, 0.15) is 12.4 Å². The molecule has 126 valence electrons. The molecule has 4 nitrogen and oxygen atoms in total. The Bertz CT molecular complexity index is 594. The van der Waals surface area contributed by atoms with Crippen molar-refractivity contribution >= 4 is 17.5 Å². The first-order valence-corrected chi connectivity index (χ1v) is 8.67. The largest absolute Gasteiger partial charge is 0.491 e. The number of benzene rings is 1. The molecule has 2 N–H and O–H groups in total. The highest BCUT2D eigenvalue weighted by atomic mass is 35.5. The molecule has 0 aromatic heterocycles. The summed E-state index contributed by atoms with van der Waals surface area (Å²) < 4.78 is 5.63. The van der Waals surface area contributed by atoms with Crippen molar-refractivity contribution in [3.8, 4) is 5.75 Å². The quantitative estimate of drug-likeness (QED) is 0.888. The standard InChI is InChI=1S/C18H24ClNO3/c1-18(2,11-6-8-12(21)9-7-11)17(22)20-14-10-23-15-5-3-4-13(19)16(14)15/h3-5,11-12,14,21H,6-10H2,1-2H3,(H,20,22). The number of fused-ring (bicyclic) bond motifs is 1. The van der Waals surface area contributed by atoms with Gasteiger partial charge in [0.2, 0.25) is 5.91 Å². The third-order valence-electron chi connectivity index (χ3n) is 5.37. The van der Waals surface area contributed by atoms with E-state index in [0.717, 1.165) is 37.0 Å². The van der Waals surface area contributed by atoms with Crippen LogP contribution in [0.15, 0.2) is 18.2 Å². The molecular formula is C18H24ClNO3. The number of hydrogen-bond donors (Lipinski definition) is 2. The van der Waals surface area contributed by atoms with Gasteiger partial charge in [-0.2, -0.15) is 0 Å². The third-order valence-corrected chi connectivity index (χ3v) is 5.70. The van der Waals surface area contributed by atoms with Gasteiger partial charge < -0.3 is 15.2 Å². The van der Waals surface area contributed by atoms with Gasteiger partial charge in [-0.3, -0.25) is 4.79 Å². The summed E-state index contributed by atoms with van der Waals surface area (Å²) in [5.41, 5.74) is 0.404. The molecule has 1 aliphatic carbocycles. The molecule has 1 aromatic rings. The number of ether oxygens (including phenoxy) is 1. The minimum absolute atomic E-state index is 0.0280. The van der Waals surface area contributed by atoms with E-state index in [-0.39, 0.29) is 18.1 Å². The van der Waals surface area contributed by atoms with E-state index in [0.29, 0.717) is 17.5 Å². The molecule has 1 fully saturated rings. The lowest BCUT2D eigenvalue weighted by atomic mass is 9.70. The molecule has 0 radical (unpaired) electrons. The summed E-state index contributed by atoms with van der Waals surface area (Å²) in [4.78, 5) is 12.9. The molecule has 0 spiro atoms. The zero-order chi connectivity index (χ0) is 16.6. The fraction of sp³-hybridized carbons (Fsp3) is 0.611. The van der Waals surface area contributed by atoms with Crippen LogP contribution in [-0.4, -0.2) is 23.7 Å². The highest BCUT2D eigenvalue weighted by Crippen LogP contribution is 2.41. The van der Waals surface area contributed by atoms with Crippen LogP contribution >= 0.6 is 11.6 Å². The Kier molecular flexibility index (Phi) is 4.56. The van der Waals surface area contributed by atoms with E-state index in [2.05, 4.69) is 5.32 Å². The second kappa shape index (κ2) is 6.33. The Morgan fingerprint density at radius 1 is 1.30 bits per heavy atom. The van der Waals surface area contributed by atoms with Crippen LogP contribution in [0.3, 0.4) is 0 Å². The Morgan fingerprint density at radius 2 is 2.00 bits per heavy atom. The lowest BCUT2D eigenvalue weighted by Crippen LogP contribution is -2.45. The summed E-state index contributed by atoms with van der Waals surface area (Å²) in [7, 11) is 0. The number of aliphatic hydroxyl groups excluding tert-OH is 1. The maximum atomic E-state index is 12.9. The topological polar surface area (TPSA) is 58.6 Å². The van der Waals surface area contributed by atoms with E-state index >= 15 is 0 Å². The molecule has 1 atom stereocenters. The van der Waals surface area contributed by atoms with Crippen LogP contribution in [0.4, 0.5) is 0 Å². The van der Waals surface area contributed by atoms with Crippen molar-refractivity contribution in [3.05, 3.63) is 28.8 Å². The first-order valence-electron chi connectivity index (χ1n) is 8.30. The lowest BCUT2D eigenvalue weighted by molar-refractivity contribution is -0.134. The number of carbonyl (C=O) groups is 1. The molecule has 3 rings (SSSR count). The fourth-order valence-electron chi connectivity index (χ4n) is 3.68. The van der Waals surface area contributed by atoms with Crippen LogP contribution < -0.4 is 10.1 Å². The molecule has 1 aromatic carbocycles. The fourth-order valence-corrected chi connectivity index (χ4v) is 3.98. The molecule has 5 heteroatoms. The van der Waals surface area contributed by atoms with Crippen molar-refractivity contribution in [1.29, 1.82) is 0 Å². The van der Waals surface area contributed by atoms with Gasteiger partial charge in [-0.1, -0.05) is 31.5 Å². The number of carbonyl (C=O) groups excluding carboxylic acids is 1. The van der Waals surface area contributed by atoms with E-state index in [4.69, 9.17) is 16.3 Å².